The normalized spacial score (nSPS) is 17.1. The van der Waals surface area contributed by atoms with Crippen LogP contribution in [0.5, 0.6) is 0 Å². The van der Waals surface area contributed by atoms with Crippen molar-refractivity contribution in [3.63, 3.8) is 0 Å². The zero-order valence-corrected chi connectivity index (χ0v) is 17.3. The fourth-order valence-corrected chi connectivity index (χ4v) is 3.98. The summed E-state index contributed by atoms with van der Waals surface area (Å²) in [7, 11) is 1.36. The zero-order chi connectivity index (χ0) is 21.3. The second-order valence-corrected chi connectivity index (χ2v) is 7.47. The van der Waals surface area contributed by atoms with Crippen LogP contribution in [0.15, 0.2) is 48.5 Å². The van der Waals surface area contributed by atoms with E-state index < -0.39 is 6.09 Å². The van der Waals surface area contributed by atoms with Crippen LogP contribution in [0.25, 0.3) is 10.9 Å². The lowest BCUT2D eigenvalue weighted by Gasteiger charge is -2.34. The number of carbonyl (C=O) groups excluding carboxylic acids is 2. The van der Waals surface area contributed by atoms with E-state index in [1.54, 1.807) is 21.8 Å². The Kier molecular flexibility index (Phi) is 5.57. The quantitative estimate of drug-likeness (QED) is 0.669. The molecule has 1 atom stereocenters. The van der Waals surface area contributed by atoms with Crippen molar-refractivity contribution < 1.29 is 19.2 Å². The van der Waals surface area contributed by atoms with Crippen molar-refractivity contribution in [1.82, 2.24) is 14.9 Å². The third-order valence-corrected chi connectivity index (χ3v) is 5.50. The molecule has 0 radical (unpaired) electrons. The Hall–Kier alpha value is -3.16. The van der Waals surface area contributed by atoms with Crippen molar-refractivity contribution in [1.29, 1.82) is 0 Å². The lowest BCUT2D eigenvalue weighted by atomic mass is 10.0. The average molecular weight is 407 g/mol. The number of benzene rings is 2. The van der Waals surface area contributed by atoms with Crippen molar-refractivity contribution in [2.75, 3.05) is 26.7 Å². The van der Waals surface area contributed by atoms with Crippen LogP contribution < -0.4 is 5.32 Å². The zero-order valence-electron chi connectivity index (χ0n) is 17.3. The maximum absolute atomic E-state index is 13.1. The molecule has 0 spiro atoms. The highest BCUT2D eigenvalue weighted by Crippen LogP contribution is 2.26. The first-order valence-corrected chi connectivity index (χ1v) is 9.95. The summed E-state index contributed by atoms with van der Waals surface area (Å²) in [4.78, 5) is 30.7. The van der Waals surface area contributed by atoms with Crippen LogP contribution in [0.4, 0.5) is 4.79 Å². The van der Waals surface area contributed by atoms with E-state index in [9.17, 15) is 9.59 Å². The molecule has 1 fully saturated rings. The Morgan fingerprint density at radius 3 is 2.60 bits per heavy atom. The molecule has 3 aromatic rings. The highest BCUT2D eigenvalue weighted by Gasteiger charge is 2.29. The fraction of sp³-hybridized carbons (Fsp3) is 0.304. The first-order valence-electron chi connectivity index (χ1n) is 9.95. The molecule has 30 heavy (non-hydrogen) atoms. The molecule has 0 aliphatic carbocycles. The van der Waals surface area contributed by atoms with E-state index in [2.05, 4.69) is 5.32 Å². The third-order valence-electron chi connectivity index (χ3n) is 5.50. The summed E-state index contributed by atoms with van der Waals surface area (Å²) >= 11 is 0. The smallest absolute Gasteiger partial charge is 0.437 e. The van der Waals surface area contributed by atoms with Gasteiger partial charge in [-0.3, -0.25) is 0 Å². The molecule has 1 saturated heterocycles. The summed E-state index contributed by atoms with van der Waals surface area (Å²) < 4.78 is 6.39. The predicted octanol–water partition coefficient (Wildman–Crippen LogP) is 3.59. The Morgan fingerprint density at radius 1 is 1.10 bits per heavy atom. The molecular formula is C23H25N3O4. The van der Waals surface area contributed by atoms with Gasteiger partial charge in [0.25, 0.3) is 0 Å². The van der Waals surface area contributed by atoms with Gasteiger partial charge >= 0.3 is 12.1 Å². The van der Waals surface area contributed by atoms with Crippen LogP contribution in [-0.4, -0.2) is 48.4 Å². The van der Waals surface area contributed by atoms with Crippen molar-refractivity contribution in [2.45, 2.75) is 19.9 Å². The highest BCUT2D eigenvalue weighted by molar-refractivity contribution is 5.92. The molecule has 7 nitrogen and oxygen atoms in total. The number of esters is 1. The number of hydrogen-bond acceptors (Lipinski definition) is 6. The van der Waals surface area contributed by atoms with Crippen LogP contribution in [0, 0.1) is 13.8 Å². The molecule has 0 bridgehead atoms. The van der Waals surface area contributed by atoms with Crippen LogP contribution in [0.2, 0.25) is 0 Å². The van der Waals surface area contributed by atoms with E-state index in [1.165, 1.54) is 7.11 Å². The molecule has 1 aromatic heterocycles. The molecule has 0 amide bonds. The molecule has 4 rings (SSSR count). The number of hydroxylamine groups is 2. The van der Waals surface area contributed by atoms with Gasteiger partial charge in [0.2, 0.25) is 0 Å². The van der Waals surface area contributed by atoms with Gasteiger partial charge in [-0.05, 0) is 43.2 Å². The van der Waals surface area contributed by atoms with Crippen LogP contribution >= 0.6 is 0 Å². The predicted molar refractivity (Wildman–Crippen MR) is 113 cm³/mol. The summed E-state index contributed by atoms with van der Waals surface area (Å²) in [6.07, 6.45) is -0.421. The number of aryl methyl sites for hydroxylation is 2. The Bertz CT molecular complexity index is 1090. The highest BCUT2D eigenvalue weighted by atomic mass is 16.7. The summed E-state index contributed by atoms with van der Waals surface area (Å²) in [6.45, 7) is 5.81. The number of methoxy groups -OCH3 is 1. The molecule has 0 saturated carbocycles. The van der Waals surface area contributed by atoms with Crippen molar-refractivity contribution >= 4 is 23.0 Å². The maximum Gasteiger partial charge on any atom is 0.437 e. The minimum Gasteiger partial charge on any atom is -0.465 e. The minimum absolute atomic E-state index is 0.155. The summed E-state index contributed by atoms with van der Waals surface area (Å²) in [5, 5.41) is 6.07. The van der Waals surface area contributed by atoms with E-state index in [-0.39, 0.29) is 12.0 Å². The average Bonchev–Trinajstić information content (AvgIpc) is 3.11. The van der Waals surface area contributed by atoms with Gasteiger partial charge in [0.1, 0.15) is 0 Å². The Morgan fingerprint density at radius 2 is 1.87 bits per heavy atom. The third kappa shape index (κ3) is 3.69. The Labute approximate surface area is 175 Å². The summed E-state index contributed by atoms with van der Waals surface area (Å²) in [5.74, 6) is -0.378. The number of hydrogen-bond donors (Lipinski definition) is 1. The molecule has 1 N–H and O–H groups in total. The summed E-state index contributed by atoms with van der Waals surface area (Å²) in [5.41, 5.74) is 4.16. The van der Waals surface area contributed by atoms with E-state index in [1.807, 2.05) is 50.2 Å². The van der Waals surface area contributed by atoms with Gasteiger partial charge in [0.05, 0.1) is 24.2 Å². The van der Waals surface area contributed by atoms with E-state index in [0.717, 1.165) is 27.7 Å². The minimum atomic E-state index is -0.421. The Balaban J connectivity index is 1.59. The molecule has 2 heterocycles. The number of rotatable bonds is 3. The number of para-hydroxylation sites is 1. The SMILES string of the molecule is COC(=O)c1ccc(C2CNCCN2OC(=O)n2c(C)cc3cccc(C)c32)cc1. The molecule has 156 valence electrons. The van der Waals surface area contributed by atoms with Gasteiger partial charge in [-0.15, -0.1) is 5.06 Å². The van der Waals surface area contributed by atoms with Gasteiger partial charge in [-0.2, -0.15) is 0 Å². The van der Waals surface area contributed by atoms with Crippen molar-refractivity contribution in [2.24, 2.45) is 0 Å². The monoisotopic (exact) mass is 407 g/mol. The fourth-order valence-electron chi connectivity index (χ4n) is 3.98. The topological polar surface area (TPSA) is 72.8 Å². The number of fused-ring (bicyclic) bond motifs is 1. The lowest BCUT2D eigenvalue weighted by molar-refractivity contribution is -0.141. The van der Waals surface area contributed by atoms with Gasteiger partial charge in [-0.25, -0.2) is 14.2 Å². The second-order valence-electron chi connectivity index (χ2n) is 7.47. The molecule has 1 unspecified atom stereocenters. The van der Waals surface area contributed by atoms with Crippen LogP contribution in [0.1, 0.15) is 33.2 Å². The molecule has 7 heteroatoms. The summed E-state index contributed by atoms with van der Waals surface area (Å²) in [6, 6.07) is 15.0. The molecule has 1 aliphatic heterocycles. The van der Waals surface area contributed by atoms with Gasteiger partial charge < -0.3 is 14.9 Å². The number of carbonyl (C=O) groups is 2. The van der Waals surface area contributed by atoms with Gasteiger partial charge in [0, 0.05) is 30.7 Å². The van der Waals surface area contributed by atoms with Gasteiger partial charge in [0.15, 0.2) is 0 Å². The number of aromatic nitrogens is 1. The van der Waals surface area contributed by atoms with E-state index in [0.29, 0.717) is 25.2 Å². The first-order chi connectivity index (χ1) is 14.5. The van der Waals surface area contributed by atoms with E-state index >= 15 is 0 Å². The van der Waals surface area contributed by atoms with Crippen molar-refractivity contribution in [3.05, 3.63) is 70.9 Å². The van der Waals surface area contributed by atoms with Crippen LogP contribution in [0.3, 0.4) is 0 Å². The maximum atomic E-state index is 13.1. The molecule has 2 aromatic carbocycles. The van der Waals surface area contributed by atoms with Crippen LogP contribution in [-0.2, 0) is 9.57 Å². The number of piperazine rings is 1. The second kappa shape index (κ2) is 8.30. The molecule has 1 aliphatic rings. The van der Waals surface area contributed by atoms with Crippen molar-refractivity contribution in [3.8, 4) is 0 Å². The first kappa shape index (κ1) is 20.1. The standard InChI is InChI=1S/C23H25N3O4/c1-15-5-4-6-19-13-16(2)26(21(15)19)23(28)30-25-12-11-24-14-20(25)17-7-9-18(10-8-17)22(27)29-3/h4-10,13,20,24H,11-12,14H2,1-3H3. The lowest BCUT2D eigenvalue weighted by Crippen LogP contribution is -2.47. The largest absolute Gasteiger partial charge is 0.465 e. The number of nitrogens with zero attached hydrogens (tertiary/aromatic N) is 2. The number of nitrogens with one attached hydrogen (secondary N) is 1. The molecular weight excluding hydrogens is 382 g/mol. The number of ether oxygens (including phenoxy) is 1. The van der Waals surface area contributed by atoms with Gasteiger partial charge in [-0.1, -0.05) is 30.3 Å². The van der Waals surface area contributed by atoms with E-state index in [4.69, 9.17) is 9.57 Å².